The van der Waals surface area contributed by atoms with Gasteiger partial charge in [0.05, 0.1) is 15.5 Å². The minimum Gasteiger partial charge on any atom is -0.506 e. The molecule has 0 atom stereocenters. The van der Waals surface area contributed by atoms with Crippen molar-refractivity contribution in [1.82, 2.24) is 0 Å². The molecule has 0 aliphatic heterocycles. The normalized spacial score (nSPS) is 11.4. The molecule has 0 saturated heterocycles. The Balaban J connectivity index is 2.54. The maximum Gasteiger partial charge on any atom is 0.206 e. The van der Waals surface area contributed by atoms with Crippen molar-refractivity contribution in [3.8, 4) is 5.75 Å². The summed E-state index contributed by atoms with van der Waals surface area (Å²) >= 11 is 0. The molecule has 94 valence electrons. The summed E-state index contributed by atoms with van der Waals surface area (Å²) in [6, 6.07) is 10.4. The molecule has 0 heterocycles. The van der Waals surface area contributed by atoms with Crippen molar-refractivity contribution < 1.29 is 13.5 Å². The van der Waals surface area contributed by atoms with Gasteiger partial charge in [-0.25, -0.2) is 8.42 Å². The zero-order valence-corrected chi connectivity index (χ0v) is 10.6. The highest BCUT2D eigenvalue weighted by molar-refractivity contribution is 7.91. The largest absolute Gasteiger partial charge is 0.506 e. The lowest BCUT2D eigenvalue weighted by atomic mass is 10.2. The predicted molar refractivity (Wildman–Crippen MR) is 69.2 cm³/mol. The van der Waals surface area contributed by atoms with E-state index in [1.54, 1.807) is 24.3 Å². The van der Waals surface area contributed by atoms with Gasteiger partial charge in [-0.15, -0.1) is 0 Å². The molecule has 0 amide bonds. The fourth-order valence-corrected chi connectivity index (χ4v) is 2.85. The molecule has 4 nitrogen and oxygen atoms in total. The molecule has 18 heavy (non-hydrogen) atoms. The summed E-state index contributed by atoms with van der Waals surface area (Å²) in [5.41, 5.74) is 6.54. The number of nitrogen functional groups attached to an aromatic ring is 1. The van der Waals surface area contributed by atoms with Crippen LogP contribution in [0, 0.1) is 6.92 Å². The van der Waals surface area contributed by atoms with Gasteiger partial charge in [0.15, 0.2) is 0 Å². The summed E-state index contributed by atoms with van der Waals surface area (Å²) in [5.74, 6) is -0.127. The molecule has 0 aliphatic rings. The van der Waals surface area contributed by atoms with E-state index in [4.69, 9.17) is 5.73 Å². The van der Waals surface area contributed by atoms with Gasteiger partial charge in [-0.2, -0.15) is 0 Å². The van der Waals surface area contributed by atoms with Gasteiger partial charge in [0, 0.05) is 0 Å². The van der Waals surface area contributed by atoms with Crippen molar-refractivity contribution in [3.63, 3.8) is 0 Å². The number of nitrogens with two attached hydrogens (primary N) is 1. The highest BCUT2D eigenvalue weighted by atomic mass is 32.2. The Morgan fingerprint density at radius 3 is 2.11 bits per heavy atom. The average Bonchev–Trinajstić information content (AvgIpc) is 2.33. The third-order valence-electron chi connectivity index (χ3n) is 2.64. The summed E-state index contributed by atoms with van der Waals surface area (Å²) < 4.78 is 24.5. The number of phenols is 1. The molecule has 0 bridgehead atoms. The monoisotopic (exact) mass is 263 g/mol. The van der Waals surface area contributed by atoms with Gasteiger partial charge in [0.2, 0.25) is 9.84 Å². The Kier molecular flexibility index (Phi) is 3.00. The second-order valence-corrected chi connectivity index (χ2v) is 5.99. The fourth-order valence-electron chi connectivity index (χ4n) is 1.55. The third-order valence-corrected chi connectivity index (χ3v) is 4.41. The van der Waals surface area contributed by atoms with Crippen molar-refractivity contribution in [2.75, 3.05) is 5.73 Å². The lowest BCUT2D eigenvalue weighted by molar-refractivity contribution is 0.477. The maximum atomic E-state index is 12.3. The Morgan fingerprint density at radius 2 is 1.56 bits per heavy atom. The smallest absolute Gasteiger partial charge is 0.206 e. The summed E-state index contributed by atoms with van der Waals surface area (Å²) in [7, 11) is -3.59. The number of aryl methyl sites for hydroxylation is 1. The van der Waals surface area contributed by atoms with E-state index in [-0.39, 0.29) is 21.2 Å². The van der Waals surface area contributed by atoms with E-state index in [1.165, 1.54) is 18.2 Å². The number of aromatic hydroxyl groups is 1. The molecular weight excluding hydrogens is 250 g/mol. The van der Waals surface area contributed by atoms with Crippen LogP contribution in [0.2, 0.25) is 0 Å². The van der Waals surface area contributed by atoms with E-state index in [9.17, 15) is 13.5 Å². The van der Waals surface area contributed by atoms with E-state index in [0.717, 1.165) is 5.56 Å². The standard InChI is InChI=1S/C13H13NO3S/c1-9-2-4-10(5-3-9)18(16,17)11-6-7-13(15)12(14)8-11/h2-8,15H,14H2,1H3. The molecule has 0 spiro atoms. The molecule has 0 saturated carbocycles. The first-order valence-electron chi connectivity index (χ1n) is 5.31. The van der Waals surface area contributed by atoms with Crippen LogP contribution < -0.4 is 5.73 Å². The Hall–Kier alpha value is -2.01. The second kappa shape index (κ2) is 4.34. The molecule has 0 unspecified atom stereocenters. The van der Waals surface area contributed by atoms with Crippen LogP contribution in [0.1, 0.15) is 5.56 Å². The van der Waals surface area contributed by atoms with Crippen LogP contribution >= 0.6 is 0 Å². The van der Waals surface area contributed by atoms with Crippen LogP contribution in [0.4, 0.5) is 5.69 Å². The van der Waals surface area contributed by atoms with Gasteiger partial charge in [-0.05, 0) is 37.3 Å². The van der Waals surface area contributed by atoms with Crippen LogP contribution in [-0.4, -0.2) is 13.5 Å². The molecular formula is C13H13NO3S. The SMILES string of the molecule is Cc1ccc(S(=O)(=O)c2ccc(O)c(N)c2)cc1. The quantitative estimate of drug-likeness (QED) is 0.642. The molecule has 0 aromatic heterocycles. The van der Waals surface area contributed by atoms with Gasteiger partial charge >= 0.3 is 0 Å². The van der Waals surface area contributed by atoms with Crippen LogP contribution in [-0.2, 0) is 9.84 Å². The average molecular weight is 263 g/mol. The molecule has 0 fully saturated rings. The highest BCUT2D eigenvalue weighted by Gasteiger charge is 2.18. The van der Waals surface area contributed by atoms with Gasteiger partial charge in [-0.3, -0.25) is 0 Å². The van der Waals surface area contributed by atoms with Crippen molar-refractivity contribution in [3.05, 3.63) is 48.0 Å². The molecule has 5 heteroatoms. The summed E-state index contributed by atoms with van der Waals surface area (Å²) in [6.07, 6.45) is 0. The molecule has 0 radical (unpaired) electrons. The summed E-state index contributed by atoms with van der Waals surface area (Å²) in [4.78, 5) is 0.278. The Labute approximate surface area is 106 Å². The van der Waals surface area contributed by atoms with Gasteiger partial charge < -0.3 is 10.8 Å². The first kappa shape index (κ1) is 12.4. The number of hydrogen-bond donors (Lipinski definition) is 2. The zero-order valence-electron chi connectivity index (χ0n) is 9.79. The topological polar surface area (TPSA) is 80.4 Å². The third kappa shape index (κ3) is 2.17. The zero-order chi connectivity index (χ0) is 13.3. The number of benzene rings is 2. The van der Waals surface area contributed by atoms with Crippen molar-refractivity contribution in [2.45, 2.75) is 16.7 Å². The molecule has 2 aromatic rings. The number of phenolic OH excluding ortho intramolecular Hbond substituents is 1. The Bertz CT molecular complexity index is 676. The molecule has 3 N–H and O–H groups in total. The lowest BCUT2D eigenvalue weighted by Gasteiger charge is -2.06. The molecule has 2 aromatic carbocycles. The van der Waals surface area contributed by atoms with Crippen molar-refractivity contribution in [2.24, 2.45) is 0 Å². The Morgan fingerprint density at radius 1 is 1.00 bits per heavy atom. The maximum absolute atomic E-state index is 12.3. The van der Waals surface area contributed by atoms with E-state index in [0.29, 0.717) is 0 Å². The molecule has 0 aliphatic carbocycles. The fraction of sp³-hybridized carbons (Fsp3) is 0.0769. The lowest BCUT2D eigenvalue weighted by Crippen LogP contribution is -2.02. The summed E-state index contributed by atoms with van der Waals surface area (Å²) in [6.45, 7) is 1.88. The predicted octanol–water partition coefficient (Wildman–Crippen LogP) is 2.12. The summed E-state index contributed by atoms with van der Waals surface area (Å²) in [5, 5.41) is 9.30. The van der Waals surface area contributed by atoms with Gasteiger partial charge in [0.1, 0.15) is 5.75 Å². The minimum atomic E-state index is -3.59. The van der Waals surface area contributed by atoms with Crippen molar-refractivity contribution >= 4 is 15.5 Å². The van der Waals surface area contributed by atoms with Crippen LogP contribution in [0.3, 0.4) is 0 Å². The van der Waals surface area contributed by atoms with E-state index >= 15 is 0 Å². The first-order valence-corrected chi connectivity index (χ1v) is 6.80. The van der Waals surface area contributed by atoms with Crippen LogP contribution in [0.25, 0.3) is 0 Å². The first-order chi connectivity index (χ1) is 8.41. The van der Waals surface area contributed by atoms with Crippen molar-refractivity contribution in [1.29, 1.82) is 0 Å². The van der Waals surface area contributed by atoms with E-state index in [1.807, 2.05) is 6.92 Å². The minimum absolute atomic E-state index is 0.0446. The number of sulfone groups is 1. The number of hydrogen-bond acceptors (Lipinski definition) is 4. The van der Waals surface area contributed by atoms with Gasteiger partial charge in [0.25, 0.3) is 0 Å². The number of anilines is 1. The highest BCUT2D eigenvalue weighted by Crippen LogP contribution is 2.27. The second-order valence-electron chi connectivity index (χ2n) is 4.04. The van der Waals surface area contributed by atoms with Crippen LogP contribution in [0.15, 0.2) is 52.3 Å². The van der Waals surface area contributed by atoms with Gasteiger partial charge in [-0.1, -0.05) is 17.7 Å². The van der Waals surface area contributed by atoms with E-state index < -0.39 is 9.84 Å². The van der Waals surface area contributed by atoms with Crippen LogP contribution in [0.5, 0.6) is 5.75 Å². The number of rotatable bonds is 2. The van der Waals surface area contributed by atoms with E-state index in [2.05, 4.69) is 0 Å². The molecule has 2 rings (SSSR count).